The van der Waals surface area contributed by atoms with Crippen molar-refractivity contribution in [2.24, 2.45) is 11.3 Å². The summed E-state index contributed by atoms with van der Waals surface area (Å²) in [6.07, 6.45) is 4.71. The molecule has 7 aromatic rings. The van der Waals surface area contributed by atoms with Gasteiger partial charge in [0.1, 0.15) is 34.5 Å². The Kier molecular flexibility index (Phi) is 42.4. The third-order valence-corrected chi connectivity index (χ3v) is 17.3. The zero-order valence-corrected chi connectivity index (χ0v) is 64.3. The van der Waals surface area contributed by atoms with Gasteiger partial charge in [-0.25, -0.2) is 13.2 Å². The van der Waals surface area contributed by atoms with E-state index in [9.17, 15) is 22.0 Å². The van der Waals surface area contributed by atoms with Crippen LogP contribution in [0.3, 0.4) is 0 Å². The molecule has 0 bridgehead atoms. The molecule has 562 valence electrons. The molecule has 0 saturated carbocycles. The van der Waals surface area contributed by atoms with Crippen LogP contribution in [0.15, 0.2) is 146 Å². The van der Waals surface area contributed by atoms with Gasteiger partial charge in [0, 0.05) is 24.5 Å². The van der Waals surface area contributed by atoms with E-state index in [0.717, 1.165) is 61.3 Å². The van der Waals surface area contributed by atoms with Crippen LogP contribution in [0, 0.1) is 40.4 Å². The Balaban J connectivity index is 0.000000424. The van der Waals surface area contributed by atoms with E-state index in [0.29, 0.717) is 66.0 Å². The van der Waals surface area contributed by atoms with Crippen LogP contribution in [0.2, 0.25) is 0 Å². The third-order valence-electron chi connectivity index (χ3n) is 17.3. The first kappa shape index (κ1) is 89.7. The lowest BCUT2D eigenvalue weighted by Crippen LogP contribution is -2.35. The predicted molar refractivity (Wildman–Crippen MR) is 401 cm³/mol. The SMILES string of the molecule is CCC(C)c1ccc(O)cc1.CCC(C)c1ccc(O)cc1.CCC(C)c1ccc(OC(OCCO)C(C)(C)C)cc1.CCC(C)c1ccc(OC(Oc2c(F)c(F)c(F)c(F)c2F)C(C)C)cc1.CCOC(C)Oc1ccc(C(C)CC)cc1.CCOC(C)Oc1ccc(C(C)CC)cc1. The number of aliphatic hydroxyl groups excluding tert-OH is 1. The Morgan fingerprint density at radius 3 is 0.812 bits per heavy atom. The quantitative estimate of drug-likeness (QED) is 0.0172. The van der Waals surface area contributed by atoms with E-state index in [4.69, 9.17) is 53.2 Å². The van der Waals surface area contributed by atoms with Gasteiger partial charge >= 0.3 is 0 Å². The third kappa shape index (κ3) is 32.7. The second kappa shape index (κ2) is 47.7. The van der Waals surface area contributed by atoms with Crippen molar-refractivity contribution >= 4 is 0 Å². The minimum atomic E-state index is -2.24. The molecule has 0 amide bonds. The second-order valence-corrected chi connectivity index (χ2v) is 26.8. The molecule has 0 radical (unpaired) electrons. The summed E-state index contributed by atoms with van der Waals surface area (Å²) in [5.41, 5.74) is 7.58. The summed E-state index contributed by atoms with van der Waals surface area (Å²) in [5.74, 6) is -5.33. The minimum Gasteiger partial charge on any atom is -0.508 e. The molecule has 0 saturated heterocycles. The van der Waals surface area contributed by atoms with E-state index in [1.165, 1.54) is 27.8 Å². The summed E-state index contributed by atoms with van der Waals surface area (Å²) >= 11 is 0. The van der Waals surface area contributed by atoms with Crippen LogP contribution >= 0.6 is 0 Å². The monoisotopic (exact) mass is 1410 g/mol. The van der Waals surface area contributed by atoms with Crippen molar-refractivity contribution in [1.29, 1.82) is 0 Å². The Bertz CT molecular complexity index is 3150. The Hall–Kier alpha value is -7.37. The highest BCUT2D eigenvalue weighted by molar-refractivity contribution is 5.34. The van der Waals surface area contributed by atoms with Gasteiger partial charge < -0.3 is 53.2 Å². The van der Waals surface area contributed by atoms with Gasteiger partial charge in [0.15, 0.2) is 12.6 Å². The summed E-state index contributed by atoms with van der Waals surface area (Å²) in [6.45, 7) is 44.9. The average molecular weight is 1410 g/mol. The molecule has 7 rings (SSSR count). The number of aromatic hydroxyl groups is 2. The highest BCUT2D eigenvalue weighted by Crippen LogP contribution is 2.34. The molecule has 10 atom stereocenters. The fraction of sp³-hybridized carbons (Fsp3) is 0.506. The lowest BCUT2D eigenvalue weighted by molar-refractivity contribution is -0.146. The van der Waals surface area contributed by atoms with Crippen LogP contribution < -0.4 is 23.7 Å². The van der Waals surface area contributed by atoms with Crippen LogP contribution in [-0.2, 0) is 14.2 Å². The van der Waals surface area contributed by atoms with E-state index in [1.54, 1.807) is 50.2 Å². The number of hydrogen-bond donors (Lipinski definition) is 3. The molecular weight excluding hydrogens is 1290 g/mol. The van der Waals surface area contributed by atoms with Gasteiger partial charge in [-0.1, -0.05) is 190 Å². The van der Waals surface area contributed by atoms with Crippen molar-refractivity contribution in [1.82, 2.24) is 0 Å². The van der Waals surface area contributed by atoms with Crippen molar-refractivity contribution in [2.45, 2.75) is 245 Å². The number of halogens is 5. The highest BCUT2D eigenvalue weighted by atomic mass is 19.2. The first-order valence-corrected chi connectivity index (χ1v) is 36.1. The zero-order valence-electron chi connectivity index (χ0n) is 64.3. The fourth-order valence-corrected chi connectivity index (χ4v) is 9.42. The number of phenols is 2. The molecule has 0 fully saturated rings. The molecule has 10 unspecified atom stereocenters. The van der Waals surface area contributed by atoms with Crippen molar-refractivity contribution in [3.8, 4) is 40.2 Å². The second-order valence-electron chi connectivity index (χ2n) is 26.8. The van der Waals surface area contributed by atoms with Crippen molar-refractivity contribution in [3.63, 3.8) is 0 Å². The molecule has 0 heterocycles. The maximum atomic E-state index is 13.8. The van der Waals surface area contributed by atoms with Gasteiger partial charge in [0.2, 0.25) is 47.4 Å². The highest BCUT2D eigenvalue weighted by Gasteiger charge is 2.31. The average Bonchev–Trinajstić information content (AvgIpc) is 0.794. The summed E-state index contributed by atoms with van der Waals surface area (Å²) in [4.78, 5) is 0. The van der Waals surface area contributed by atoms with Crippen LogP contribution in [0.4, 0.5) is 22.0 Å². The minimum absolute atomic E-state index is 0.00287. The molecule has 0 spiro atoms. The molecule has 11 nitrogen and oxygen atoms in total. The maximum absolute atomic E-state index is 13.8. The summed E-state index contributed by atoms with van der Waals surface area (Å²) in [7, 11) is 0. The van der Waals surface area contributed by atoms with E-state index in [-0.39, 0.29) is 37.5 Å². The van der Waals surface area contributed by atoms with Gasteiger partial charge in [-0.2, -0.15) is 8.78 Å². The maximum Gasteiger partial charge on any atom is 0.243 e. The number of aliphatic hydroxyl groups is 1. The molecule has 16 heteroatoms. The summed E-state index contributed by atoms with van der Waals surface area (Å²) < 4.78 is 112. The van der Waals surface area contributed by atoms with E-state index >= 15 is 0 Å². The molecule has 0 aromatic heterocycles. The zero-order chi connectivity index (χ0) is 75.9. The molecule has 101 heavy (non-hydrogen) atoms. The van der Waals surface area contributed by atoms with Crippen LogP contribution in [0.25, 0.3) is 0 Å². The Labute approximate surface area is 603 Å². The molecule has 3 N–H and O–H groups in total. The molecule has 0 aliphatic carbocycles. The van der Waals surface area contributed by atoms with Crippen LogP contribution in [-0.4, -0.2) is 66.9 Å². The number of ether oxygens (including phenoxy) is 8. The van der Waals surface area contributed by atoms with Crippen LogP contribution in [0.5, 0.6) is 40.2 Å². The predicted octanol–water partition coefficient (Wildman–Crippen LogP) is 24.0. The summed E-state index contributed by atoms with van der Waals surface area (Å²) in [5, 5.41) is 26.9. The van der Waals surface area contributed by atoms with Crippen LogP contribution in [0.1, 0.15) is 253 Å². The number of benzene rings is 7. The molecule has 7 aromatic carbocycles. The van der Waals surface area contributed by atoms with Gasteiger partial charge in [-0.3, -0.25) is 0 Å². The van der Waals surface area contributed by atoms with Gasteiger partial charge in [0.05, 0.1) is 13.2 Å². The molecule has 0 aliphatic heterocycles. The van der Waals surface area contributed by atoms with Crippen molar-refractivity contribution in [3.05, 3.63) is 208 Å². The fourth-order valence-electron chi connectivity index (χ4n) is 9.42. The van der Waals surface area contributed by atoms with Gasteiger partial charge in [0.25, 0.3) is 0 Å². The smallest absolute Gasteiger partial charge is 0.243 e. The first-order valence-electron chi connectivity index (χ1n) is 36.1. The normalized spacial score (nSPS) is 14.0. The Morgan fingerprint density at radius 2 is 0.574 bits per heavy atom. The van der Waals surface area contributed by atoms with Gasteiger partial charge in [-0.15, -0.1) is 0 Å². The van der Waals surface area contributed by atoms with E-state index in [1.807, 2.05) is 100 Å². The lowest BCUT2D eigenvalue weighted by Gasteiger charge is -2.30. The number of phenolic OH excluding ortho intramolecular Hbond substituents is 2. The molecule has 0 aliphatic rings. The lowest BCUT2D eigenvalue weighted by atomic mass is 9.95. The standard InChI is InChI=1S/C20H21F5O2.C17H28O3.2C14H22O2.2C10H14O/c1-5-11(4)12-6-8-13(9-7-12)26-20(10(2)3)27-19-17(24)15(22)14(21)16(23)18(19)25;1-6-13(2)14-7-9-15(10-8-14)20-16(17(3,4)5)19-12-11-18;2*1-5-11(3)13-7-9-14(10-8-13)16-12(4)15-6-2;2*1-3-8(2)9-4-6-10(11)7-5-9/h6-11,20H,5H2,1-4H3;7-10,13,16,18H,6,11-12H2,1-5H3;2*7-12H,5-6H2,1-4H3;2*4-8,11H,3H2,1-2H3. The van der Waals surface area contributed by atoms with E-state index in [2.05, 4.69) is 140 Å². The van der Waals surface area contributed by atoms with Crippen molar-refractivity contribution in [2.75, 3.05) is 26.4 Å². The topological polar surface area (TPSA) is 135 Å². The van der Waals surface area contributed by atoms with E-state index < -0.39 is 47.0 Å². The largest absolute Gasteiger partial charge is 0.508 e. The summed E-state index contributed by atoms with van der Waals surface area (Å²) in [6, 6.07) is 46.6. The Morgan fingerprint density at radius 1 is 0.327 bits per heavy atom. The number of rotatable bonds is 30. The first-order chi connectivity index (χ1) is 47.9. The number of hydrogen-bond acceptors (Lipinski definition) is 11. The van der Waals surface area contributed by atoms with Gasteiger partial charge in [-0.05, 0) is 208 Å². The molecular formula is C85H121F5O11. The van der Waals surface area contributed by atoms with Crippen molar-refractivity contribution < 1.29 is 75.2 Å².